The summed E-state index contributed by atoms with van der Waals surface area (Å²) in [6.45, 7) is 2.02. The second-order valence-corrected chi connectivity index (χ2v) is 3.17. The van der Waals surface area contributed by atoms with Crippen LogP contribution in [0.15, 0.2) is 4.52 Å². The maximum Gasteiger partial charge on any atom is 0.417 e. The summed E-state index contributed by atoms with van der Waals surface area (Å²) in [7, 11) is 1.52. The van der Waals surface area contributed by atoms with E-state index in [9.17, 15) is 0 Å². The number of ether oxygens (including phenoxy) is 1. The van der Waals surface area contributed by atoms with E-state index in [-0.39, 0.29) is 6.08 Å². The van der Waals surface area contributed by atoms with Crippen molar-refractivity contribution in [1.82, 2.24) is 15.5 Å². The Balaban J connectivity index is 2.05. The summed E-state index contributed by atoms with van der Waals surface area (Å²) in [5.74, 6) is 1.13. The molecule has 0 spiro atoms. The number of hydrogen-bond acceptors (Lipinski definition) is 5. The van der Waals surface area contributed by atoms with E-state index in [1.165, 1.54) is 13.5 Å². The molecule has 0 saturated carbocycles. The molecule has 1 saturated heterocycles. The van der Waals surface area contributed by atoms with Crippen molar-refractivity contribution in [3.8, 4) is 6.08 Å². The van der Waals surface area contributed by atoms with Gasteiger partial charge in [-0.25, -0.2) is 0 Å². The van der Waals surface area contributed by atoms with Crippen molar-refractivity contribution in [3.63, 3.8) is 0 Å². The van der Waals surface area contributed by atoms with Crippen molar-refractivity contribution in [3.05, 3.63) is 5.82 Å². The molecule has 5 nitrogen and oxygen atoms in total. The molecular formula is C8H13N3O2. The highest BCUT2D eigenvalue weighted by molar-refractivity contribution is 4.99. The van der Waals surface area contributed by atoms with Gasteiger partial charge in [-0.15, -0.1) is 0 Å². The quantitative estimate of drug-likeness (QED) is 0.725. The van der Waals surface area contributed by atoms with Crippen LogP contribution in [0.4, 0.5) is 0 Å². The van der Waals surface area contributed by atoms with Crippen LogP contribution in [0.5, 0.6) is 6.08 Å². The van der Waals surface area contributed by atoms with E-state index in [0.29, 0.717) is 5.92 Å². The highest BCUT2D eigenvalue weighted by Crippen LogP contribution is 2.21. The Morgan fingerprint density at radius 1 is 1.62 bits per heavy atom. The molecule has 0 aliphatic carbocycles. The summed E-state index contributed by atoms with van der Waals surface area (Å²) in [5, 5.41) is 7.16. The molecular weight excluding hydrogens is 170 g/mol. The predicted molar refractivity (Wildman–Crippen MR) is 45.7 cm³/mol. The van der Waals surface area contributed by atoms with Gasteiger partial charge < -0.3 is 10.1 Å². The normalized spacial score (nSPS) is 23.0. The maximum absolute atomic E-state index is 4.86. The van der Waals surface area contributed by atoms with Gasteiger partial charge in [-0.2, -0.15) is 4.98 Å². The molecule has 2 rings (SSSR count). The Hall–Kier alpha value is -1.10. The van der Waals surface area contributed by atoms with Gasteiger partial charge in [0, 0.05) is 12.5 Å². The number of aromatic nitrogens is 2. The van der Waals surface area contributed by atoms with Crippen LogP contribution in [-0.4, -0.2) is 30.3 Å². The first-order chi connectivity index (χ1) is 6.40. The zero-order valence-electron chi connectivity index (χ0n) is 7.62. The highest BCUT2D eigenvalue weighted by atomic mass is 16.6. The molecule has 1 N–H and O–H groups in total. The van der Waals surface area contributed by atoms with Crippen molar-refractivity contribution < 1.29 is 9.26 Å². The van der Waals surface area contributed by atoms with Gasteiger partial charge in [0.15, 0.2) is 5.82 Å². The van der Waals surface area contributed by atoms with E-state index >= 15 is 0 Å². The first kappa shape index (κ1) is 8.50. The van der Waals surface area contributed by atoms with Gasteiger partial charge in [-0.05, 0) is 19.4 Å². The average Bonchev–Trinajstić information content (AvgIpc) is 2.67. The molecule has 13 heavy (non-hydrogen) atoms. The van der Waals surface area contributed by atoms with Crippen LogP contribution in [-0.2, 0) is 0 Å². The Morgan fingerprint density at radius 3 is 3.15 bits per heavy atom. The second-order valence-electron chi connectivity index (χ2n) is 3.17. The van der Waals surface area contributed by atoms with Crippen LogP contribution in [0, 0.1) is 0 Å². The lowest BCUT2D eigenvalue weighted by Gasteiger charge is -2.18. The maximum atomic E-state index is 4.86. The highest BCUT2D eigenvalue weighted by Gasteiger charge is 2.20. The van der Waals surface area contributed by atoms with E-state index < -0.39 is 0 Å². The molecule has 0 radical (unpaired) electrons. The lowest BCUT2D eigenvalue weighted by Crippen LogP contribution is -2.28. The molecule has 1 aliphatic heterocycles. The fourth-order valence-corrected chi connectivity index (χ4v) is 1.54. The van der Waals surface area contributed by atoms with E-state index in [4.69, 9.17) is 9.26 Å². The van der Waals surface area contributed by atoms with Gasteiger partial charge in [0.05, 0.1) is 7.11 Å². The summed E-state index contributed by atoms with van der Waals surface area (Å²) >= 11 is 0. The molecule has 0 amide bonds. The third-order valence-electron chi connectivity index (χ3n) is 2.26. The number of piperidine rings is 1. The molecule has 5 heteroatoms. The summed E-state index contributed by atoms with van der Waals surface area (Å²) in [6.07, 6.45) is 2.54. The molecule has 1 aliphatic rings. The van der Waals surface area contributed by atoms with Crippen molar-refractivity contribution in [2.45, 2.75) is 18.8 Å². The fourth-order valence-electron chi connectivity index (χ4n) is 1.54. The molecule has 1 aromatic rings. The zero-order valence-corrected chi connectivity index (χ0v) is 7.62. The third-order valence-corrected chi connectivity index (χ3v) is 2.26. The number of rotatable bonds is 2. The smallest absolute Gasteiger partial charge is 0.417 e. The predicted octanol–water partition coefficient (Wildman–Crippen LogP) is 0.545. The van der Waals surface area contributed by atoms with Gasteiger partial charge in [-0.3, -0.25) is 4.52 Å². The standard InChI is InChI=1S/C8H13N3O2/c1-12-8-10-7(11-13-8)6-3-2-4-9-5-6/h6,9H,2-5H2,1H3. The molecule has 1 fully saturated rings. The Labute approximate surface area is 76.5 Å². The van der Waals surface area contributed by atoms with Crippen LogP contribution >= 0.6 is 0 Å². The molecule has 2 heterocycles. The van der Waals surface area contributed by atoms with Crippen molar-refractivity contribution >= 4 is 0 Å². The average molecular weight is 183 g/mol. The SMILES string of the molecule is COc1nc(C2CCCNC2)no1. The van der Waals surface area contributed by atoms with E-state index in [1.54, 1.807) is 0 Å². The fraction of sp³-hybridized carbons (Fsp3) is 0.750. The van der Waals surface area contributed by atoms with Crippen LogP contribution in [0.3, 0.4) is 0 Å². The summed E-state index contributed by atoms with van der Waals surface area (Å²) in [4.78, 5) is 4.11. The van der Waals surface area contributed by atoms with Gasteiger partial charge in [0.2, 0.25) is 0 Å². The minimum absolute atomic E-state index is 0.251. The van der Waals surface area contributed by atoms with Crippen LogP contribution in [0.25, 0.3) is 0 Å². The van der Waals surface area contributed by atoms with Gasteiger partial charge in [0.1, 0.15) is 0 Å². The Kier molecular flexibility index (Phi) is 2.44. The number of hydrogen-bond donors (Lipinski definition) is 1. The number of nitrogens with one attached hydrogen (secondary N) is 1. The summed E-state index contributed by atoms with van der Waals surface area (Å²) in [5.41, 5.74) is 0. The third kappa shape index (κ3) is 1.80. The molecule has 72 valence electrons. The first-order valence-electron chi connectivity index (χ1n) is 4.48. The number of nitrogens with zero attached hydrogens (tertiary/aromatic N) is 2. The lowest BCUT2D eigenvalue weighted by atomic mass is 9.99. The Morgan fingerprint density at radius 2 is 2.54 bits per heavy atom. The topological polar surface area (TPSA) is 60.2 Å². The number of methoxy groups -OCH3 is 1. The molecule has 0 bridgehead atoms. The molecule has 1 aromatic heterocycles. The minimum atomic E-state index is 0.251. The van der Waals surface area contributed by atoms with Crippen molar-refractivity contribution in [1.29, 1.82) is 0 Å². The van der Waals surface area contributed by atoms with Crippen LogP contribution in [0.1, 0.15) is 24.6 Å². The van der Waals surface area contributed by atoms with Crippen molar-refractivity contribution in [2.75, 3.05) is 20.2 Å². The van der Waals surface area contributed by atoms with E-state index in [2.05, 4.69) is 15.5 Å². The second kappa shape index (κ2) is 3.74. The first-order valence-corrected chi connectivity index (χ1v) is 4.48. The van der Waals surface area contributed by atoms with Crippen LogP contribution in [0.2, 0.25) is 0 Å². The van der Waals surface area contributed by atoms with Gasteiger partial charge in [0.25, 0.3) is 0 Å². The van der Waals surface area contributed by atoms with Crippen molar-refractivity contribution in [2.24, 2.45) is 0 Å². The summed E-state index contributed by atoms with van der Waals surface area (Å²) < 4.78 is 9.68. The molecule has 0 aromatic carbocycles. The van der Waals surface area contributed by atoms with E-state index in [1.807, 2.05) is 0 Å². The largest absolute Gasteiger partial charge is 0.452 e. The monoisotopic (exact) mass is 183 g/mol. The van der Waals surface area contributed by atoms with Gasteiger partial charge in [-0.1, -0.05) is 5.16 Å². The van der Waals surface area contributed by atoms with E-state index in [0.717, 1.165) is 25.3 Å². The zero-order chi connectivity index (χ0) is 9.10. The lowest BCUT2D eigenvalue weighted by molar-refractivity contribution is 0.249. The van der Waals surface area contributed by atoms with Crippen LogP contribution < -0.4 is 10.1 Å². The molecule has 1 unspecified atom stereocenters. The van der Waals surface area contributed by atoms with Gasteiger partial charge >= 0.3 is 6.08 Å². The molecule has 1 atom stereocenters. The Bertz CT molecular complexity index is 268. The summed E-state index contributed by atoms with van der Waals surface area (Å²) in [6, 6.07) is 0. The minimum Gasteiger partial charge on any atom is -0.452 e.